The van der Waals surface area contributed by atoms with Crippen molar-refractivity contribution in [3.63, 3.8) is 0 Å². The third-order valence-corrected chi connectivity index (χ3v) is 5.67. The Hall–Kier alpha value is -1.53. The van der Waals surface area contributed by atoms with Gasteiger partial charge in [-0.1, -0.05) is 91.3 Å². The second-order valence-electron chi connectivity index (χ2n) is 7.37. The number of alkyl halides is 3. The predicted octanol–water partition coefficient (Wildman–Crippen LogP) is 6.53. The second kappa shape index (κ2) is 12.5. The highest BCUT2D eigenvalue weighted by atomic mass is 35.6. The van der Waals surface area contributed by atoms with Crippen molar-refractivity contribution in [1.29, 1.82) is 0 Å². The van der Waals surface area contributed by atoms with Crippen molar-refractivity contribution in [1.82, 2.24) is 10.6 Å². The Morgan fingerprint density at radius 1 is 1.00 bits per heavy atom. The van der Waals surface area contributed by atoms with Gasteiger partial charge in [0, 0.05) is 11.3 Å². The summed E-state index contributed by atoms with van der Waals surface area (Å²) in [4.78, 5) is 12.6. The van der Waals surface area contributed by atoms with Crippen LogP contribution in [0.3, 0.4) is 0 Å². The summed E-state index contributed by atoms with van der Waals surface area (Å²) < 4.78 is -1.81. The van der Waals surface area contributed by atoms with Crippen molar-refractivity contribution in [2.24, 2.45) is 0 Å². The fourth-order valence-corrected chi connectivity index (χ4v) is 3.61. The maximum Gasteiger partial charge on any atom is 0.253 e. The van der Waals surface area contributed by atoms with Gasteiger partial charge in [-0.25, -0.2) is 0 Å². The van der Waals surface area contributed by atoms with Crippen LogP contribution in [0.25, 0.3) is 0 Å². The number of hydrogen-bond acceptors (Lipinski definition) is 2. The van der Waals surface area contributed by atoms with Crippen LogP contribution in [0.4, 0.5) is 5.69 Å². The van der Waals surface area contributed by atoms with Crippen molar-refractivity contribution in [3.8, 4) is 0 Å². The molecule has 0 radical (unpaired) electrons. The molecule has 8 heteroatoms. The van der Waals surface area contributed by atoms with E-state index >= 15 is 0 Å². The maximum atomic E-state index is 12.6. The van der Waals surface area contributed by atoms with Gasteiger partial charge in [0.2, 0.25) is 3.79 Å². The average Bonchev–Trinajstić information content (AvgIpc) is 2.71. The molecular formula is C23H28Cl3N3OS. The highest BCUT2D eigenvalue weighted by Crippen LogP contribution is 2.29. The van der Waals surface area contributed by atoms with Crippen molar-refractivity contribution in [2.75, 3.05) is 5.32 Å². The second-order valence-corrected chi connectivity index (χ2v) is 10.1. The molecule has 0 saturated carbocycles. The van der Waals surface area contributed by atoms with E-state index in [1.165, 1.54) is 31.2 Å². The Balaban J connectivity index is 1.95. The molecular weight excluding hydrogens is 473 g/mol. The van der Waals surface area contributed by atoms with Gasteiger partial charge in [-0.15, -0.1) is 0 Å². The molecule has 0 spiro atoms. The summed E-state index contributed by atoms with van der Waals surface area (Å²) in [6.07, 6.45) is 4.97. The normalized spacial score (nSPS) is 12.2. The molecule has 4 nitrogen and oxygen atoms in total. The number of carbonyl (C=O) groups excluding carboxylic acids is 1. The van der Waals surface area contributed by atoms with E-state index in [-0.39, 0.29) is 11.0 Å². The highest BCUT2D eigenvalue weighted by Gasteiger charge is 2.35. The largest absolute Gasteiger partial charge is 0.339 e. The summed E-state index contributed by atoms with van der Waals surface area (Å²) in [6, 6.07) is 15.2. The van der Waals surface area contributed by atoms with Crippen LogP contribution in [-0.4, -0.2) is 21.0 Å². The quantitative estimate of drug-likeness (QED) is 0.158. The summed E-state index contributed by atoms with van der Waals surface area (Å²) in [5.41, 5.74) is 3.41. The van der Waals surface area contributed by atoms with Crippen LogP contribution in [0.2, 0.25) is 0 Å². The topological polar surface area (TPSA) is 53.2 Å². The van der Waals surface area contributed by atoms with E-state index in [2.05, 4.69) is 35.0 Å². The Morgan fingerprint density at radius 2 is 1.68 bits per heavy atom. The number of benzene rings is 2. The highest BCUT2D eigenvalue weighted by molar-refractivity contribution is 7.80. The standard InChI is InChI=1S/C23H28Cl3N3OS/c1-3-4-5-6-10-17-12-14-18(15-13-17)27-22(31)29-21(23(24,25)26)28-20(30)19-11-8-7-9-16(19)2/h7-9,11-15,21H,3-6,10H2,1-2H3,(H,28,30)(H2,27,29,31)/t21-/m0/s1. The number of unbranched alkanes of at least 4 members (excludes halogenated alkanes) is 3. The monoisotopic (exact) mass is 499 g/mol. The van der Waals surface area contributed by atoms with E-state index in [4.69, 9.17) is 47.0 Å². The Labute approximate surface area is 205 Å². The number of rotatable bonds is 9. The number of hydrogen-bond donors (Lipinski definition) is 3. The van der Waals surface area contributed by atoms with Crippen molar-refractivity contribution < 1.29 is 4.79 Å². The Kier molecular flexibility index (Phi) is 10.4. The molecule has 1 amide bonds. The third-order valence-electron chi connectivity index (χ3n) is 4.80. The van der Waals surface area contributed by atoms with Crippen LogP contribution in [-0.2, 0) is 6.42 Å². The zero-order chi connectivity index (χ0) is 22.9. The van der Waals surface area contributed by atoms with Gasteiger partial charge >= 0.3 is 0 Å². The van der Waals surface area contributed by atoms with Crippen molar-refractivity contribution in [3.05, 3.63) is 65.2 Å². The predicted molar refractivity (Wildman–Crippen MR) is 136 cm³/mol. The van der Waals surface area contributed by atoms with E-state index in [0.717, 1.165) is 17.7 Å². The number of amides is 1. The molecule has 0 aliphatic heterocycles. The maximum absolute atomic E-state index is 12.6. The molecule has 0 aliphatic rings. The van der Waals surface area contributed by atoms with E-state index in [0.29, 0.717) is 5.56 Å². The number of thiocarbonyl (C=S) groups is 1. The number of carbonyl (C=O) groups is 1. The number of aryl methyl sites for hydroxylation is 2. The molecule has 0 saturated heterocycles. The van der Waals surface area contributed by atoms with Crippen molar-refractivity contribution >= 4 is 63.7 Å². The first-order valence-corrected chi connectivity index (χ1v) is 11.8. The lowest BCUT2D eigenvalue weighted by Crippen LogP contribution is -2.56. The lowest BCUT2D eigenvalue weighted by molar-refractivity contribution is 0.0934. The van der Waals surface area contributed by atoms with Gasteiger partial charge in [0.1, 0.15) is 6.17 Å². The molecule has 0 aliphatic carbocycles. The van der Waals surface area contributed by atoms with Gasteiger partial charge in [-0.05, 0) is 61.3 Å². The molecule has 168 valence electrons. The number of halogens is 3. The van der Waals surface area contributed by atoms with Crippen LogP contribution in [0.1, 0.15) is 54.1 Å². The molecule has 2 rings (SSSR count). The van der Waals surface area contributed by atoms with Gasteiger partial charge in [-0.3, -0.25) is 4.79 Å². The zero-order valence-electron chi connectivity index (χ0n) is 17.7. The summed E-state index contributed by atoms with van der Waals surface area (Å²) in [7, 11) is 0. The van der Waals surface area contributed by atoms with E-state index in [1.54, 1.807) is 12.1 Å². The minimum Gasteiger partial charge on any atom is -0.339 e. The van der Waals surface area contributed by atoms with Gasteiger partial charge in [-0.2, -0.15) is 0 Å². The summed E-state index contributed by atoms with van der Waals surface area (Å²) in [5, 5.41) is 8.88. The molecule has 0 fully saturated rings. The Bertz CT molecular complexity index is 869. The fourth-order valence-electron chi connectivity index (χ4n) is 3.05. The molecule has 0 bridgehead atoms. The minimum absolute atomic E-state index is 0.233. The smallest absolute Gasteiger partial charge is 0.253 e. The van der Waals surface area contributed by atoms with Gasteiger partial charge in [0.15, 0.2) is 5.11 Å². The van der Waals surface area contributed by atoms with E-state index < -0.39 is 9.96 Å². The third kappa shape index (κ3) is 8.85. The molecule has 31 heavy (non-hydrogen) atoms. The first-order chi connectivity index (χ1) is 14.7. The average molecular weight is 501 g/mol. The van der Waals surface area contributed by atoms with Gasteiger partial charge < -0.3 is 16.0 Å². The molecule has 2 aromatic rings. The van der Waals surface area contributed by atoms with Crippen LogP contribution in [0.15, 0.2) is 48.5 Å². The number of anilines is 1. The van der Waals surface area contributed by atoms with Crippen LogP contribution < -0.4 is 16.0 Å². The summed E-state index contributed by atoms with van der Waals surface area (Å²) in [6.45, 7) is 4.05. The van der Waals surface area contributed by atoms with Crippen LogP contribution >= 0.6 is 47.0 Å². The minimum atomic E-state index is -1.81. The first kappa shape index (κ1) is 25.7. The zero-order valence-corrected chi connectivity index (χ0v) is 20.8. The molecule has 3 N–H and O–H groups in total. The summed E-state index contributed by atoms with van der Waals surface area (Å²) >= 11 is 23.6. The fraction of sp³-hybridized carbons (Fsp3) is 0.391. The molecule has 2 aromatic carbocycles. The van der Waals surface area contributed by atoms with Gasteiger partial charge in [0.25, 0.3) is 5.91 Å². The molecule has 0 heterocycles. The van der Waals surface area contributed by atoms with Crippen LogP contribution in [0.5, 0.6) is 0 Å². The van der Waals surface area contributed by atoms with Gasteiger partial charge in [0.05, 0.1) is 0 Å². The SMILES string of the molecule is CCCCCCc1ccc(NC(=S)N[C@H](NC(=O)c2ccccc2C)C(Cl)(Cl)Cl)cc1. The summed E-state index contributed by atoms with van der Waals surface area (Å²) in [5.74, 6) is -0.364. The van der Waals surface area contributed by atoms with E-state index in [1.807, 2.05) is 31.2 Å². The van der Waals surface area contributed by atoms with E-state index in [9.17, 15) is 4.79 Å². The lowest BCUT2D eigenvalue weighted by atomic mass is 10.1. The molecule has 0 unspecified atom stereocenters. The molecule has 1 atom stereocenters. The first-order valence-electron chi connectivity index (χ1n) is 10.3. The Morgan fingerprint density at radius 3 is 2.29 bits per heavy atom. The number of nitrogens with one attached hydrogen (secondary N) is 3. The lowest BCUT2D eigenvalue weighted by Gasteiger charge is -2.28. The molecule has 0 aromatic heterocycles. The van der Waals surface area contributed by atoms with Crippen LogP contribution in [0, 0.1) is 6.92 Å². The van der Waals surface area contributed by atoms with Crippen molar-refractivity contribution in [2.45, 2.75) is 55.9 Å².